The second-order valence-electron chi connectivity index (χ2n) is 4.07. The number of rotatable bonds is 5. The van der Waals surface area contributed by atoms with Crippen LogP contribution in [0.4, 0.5) is 0 Å². The fourth-order valence-electron chi connectivity index (χ4n) is 1.41. The highest BCUT2D eigenvalue weighted by atomic mass is 16.2. The Balaban J connectivity index is 2.13. The van der Waals surface area contributed by atoms with Crippen LogP contribution in [-0.2, 0) is 4.79 Å². The minimum absolute atomic E-state index is 0.00463. The molecular weight excluding hydrogens is 164 g/mol. The van der Waals surface area contributed by atoms with Crippen molar-refractivity contribution in [3.63, 3.8) is 0 Å². The average molecular weight is 184 g/mol. The van der Waals surface area contributed by atoms with Crippen LogP contribution in [0, 0.1) is 11.8 Å². The quantitative estimate of drug-likeness (QED) is 0.666. The summed E-state index contributed by atoms with van der Waals surface area (Å²) in [5.41, 5.74) is 5.58. The molecule has 2 atom stereocenters. The van der Waals surface area contributed by atoms with Crippen molar-refractivity contribution >= 4 is 5.91 Å². The van der Waals surface area contributed by atoms with E-state index in [2.05, 4.69) is 12.2 Å². The van der Waals surface area contributed by atoms with Gasteiger partial charge in [0.05, 0.1) is 6.04 Å². The zero-order valence-corrected chi connectivity index (χ0v) is 8.55. The highest BCUT2D eigenvalue weighted by molar-refractivity contribution is 5.81. The number of amides is 1. The molecule has 13 heavy (non-hydrogen) atoms. The van der Waals surface area contributed by atoms with Crippen LogP contribution < -0.4 is 11.1 Å². The summed E-state index contributed by atoms with van der Waals surface area (Å²) < 4.78 is 0. The van der Waals surface area contributed by atoms with Crippen molar-refractivity contribution < 1.29 is 4.79 Å². The summed E-state index contributed by atoms with van der Waals surface area (Å²) >= 11 is 0. The molecular formula is C10H20N2O. The minimum atomic E-state index is -0.327. The fourth-order valence-corrected chi connectivity index (χ4v) is 1.41. The molecule has 3 N–H and O–H groups in total. The Hall–Kier alpha value is -0.570. The van der Waals surface area contributed by atoms with E-state index in [1.165, 1.54) is 12.8 Å². The zero-order chi connectivity index (χ0) is 9.84. The van der Waals surface area contributed by atoms with Gasteiger partial charge in [-0.1, -0.05) is 13.8 Å². The first-order valence-electron chi connectivity index (χ1n) is 5.18. The first-order chi connectivity index (χ1) is 6.15. The molecule has 0 heterocycles. The Labute approximate surface area is 80.1 Å². The molecule has 0 aromatic carbocycles. The van der Waals surface area contributed by atoms with Crippen LogP contribution in [0.5, 0.6) is 0 Å². The van der Waals surface area contributed by atoms with E-state index in [9.17, 15) is 4.79 Å². The van der Waals surface area contributed by atoms with Gasteiger partial charge in [-0.3, -0.25) is 4.79 Å². The third kappa shape index (κ3) is 3.35. The maximum Gasteiger partial charge on any atom is 0.236 e. The summed E-state index contributed by atoms with van der Waals surface area (Å²) in [5, 5.41) is 2.89. The summed E-state index contributed by atoms with van der Waals surface area (Å²) in [7, 11) is 0. The molecule has 1 aliphatic rings. The number of nitrogens with one attached hydrogen (secondary N) is 1. The molecule has 3 nitrogen and oxygen atoms in total. The van der Waals surface area contributed by atoms with Gasteiger partial charge in [0.15, 0.2) is 0 Å². The highest BCUT2D eigenvalue weighted by Gasteiger charge is 2.28. The SMILES string of the molecule is CC[C@H](N)C(=O)NCC(C)C1CC1. The van der Waals surface area contributed by atoms with Crippen molar-refractivity contribution in [3.8, 4) is 0 Å². The Morgan fingerprint density at radius 2 is 2.23 bits per heavy atom. The summed E-state index contributed by atoms with van der Waals surface area (Å²) in [6.07, 6.45) is 3.37. The van der Waals surface area contributed by atoms with Crippen LogP contribution in [-0.4, -0.2) is 18.5 Å². The van der Waals surface area contributed by atoms with Gasteiger partial charge in [0.25, 0.3) is 0 Å². The number of hydrogen-bond donors (Lipinski definition) is 2. The summed E-state index contributed by atoms with van der Waals surface area (Å²) in [5.74, 6) is 1.46. The molecule has 1 unspecified atom stereocenters. The molecule has 76 valence electrons. The molecule has 3 heteroatoms. The molecule has 1 amide bonds. The first-order valence-corrected chi connectivity index (χ1v) is 5.18. The lowest BCUT2D eigenvalue weighted by atomic mass is 10.1. The second-order valence-corrected chi connectivity index (χ2v) is 4.07. The van der Waals surface area contributed by atoms with Crippen LogP contribution in [0.15, 0.2) is 0 Å². The van der Waals surface area contributed by atoms with Gasteiger partial charge in [0, 0.05) is 6.54 Å². The second kappa shape index (κ2) is 4.61. The Morgan fingerprint density at radius 3 is 2.69 bits per heavy atom. The standard InChI is InChI=1S/C10H20N2O/c1-3-9(11)10(13)12-6-7(2)8-4-5-8/h7-9H,3-6,11H2,1-2H3,(H,12,13)/t7?,9-/m0/s1. The van der Waals surface area contributed by atoms with Gasteiger partial charge in [-0.25, -0.2) is 0 Å². The van der Waals surface area contributed by atoms with Gasteiger partial charge in [-0.05, 0) is 31.1 Å². The molecule has 0 saturated heterocycles. The number of hydrogen-bond acceptors (Lipinski definition) is 2. The first kappa shape index (κ1) is 10.5. The third-order valence-electron chi connectivity index (χ3n) is 2.80. The van der Waals surface area contributed by atoms with Crippen molar-refractivity contribution in [2.24, 2.45) is 17.6 Å². The Bertz CT molecular complexity index is 178. The van der Waals surface area contributed by atoms with Gasteiger partial charge in [-0.2, -0.15) is 0 Å². The van der Waals surface area contributed by atoms with E-state index in [0.717, 1.165) is 12.5 Å². The van der Waals surface area contributed by atoms with Gasteiger partial charge < -0.3 is 11.1 Å². The summed E-state index contributed by atoms with van der Waals surface area (Å²) in [6.45, 7) is 4.90. The summed E-state index contributed by atoms with van der Waals surface area (Å²) in [6, 6.07) is -0.327. The maximum atomic E-state index is 11.3. The van der Waals surface area contributed by atoms with Crippen LogP contribution in [0.2, 0.25) is 0 Å². The summed E-state index contributed by atoms with van der Waals surface area (Å²) in [4.78, 5) is 11.3. The van der Waals surface area contributed by atoms with E-state index in [4.69, 9.17) is 5.73 Å². The van der Waals surface area contributed by atoms with Crippen LogP contribution in [0.1, 0.15) is 33.1 Å². The van der Waals surface area contributed by atoms with Gasteiger partial charge in [-0.15, -0.1) is 0 Å². The van der Waals surface area contributed by atoms with Crippen molar-refractivity contribution in [2.45, 2.75) is 39.2 Å². The molecule has 0 bridgehead atoms. The maximum absolute atomic E-state index is 11.3. The van der Waals surface area contributed by atoms with Crippen LogP contribution in [0.3, 0.4) is 0 Å². The van der Waals surface area contributed by atoms with Crippen molar-refractivity contribution in [3.05, 3.63) is 0 Å². The van der Waals surface area contributed by atoms with E-state index in [1.807, 2.05) is 6.92 Å². The fraction of sp³-hybridized carbons (Fsp3) is 0.900. The molecule has 0 aliphatic heterocycles. The largest absolute Gasteiger partial charge is 0.354 e. The predicted molar refractivity (Wildman–Crippen MR) is 53.2 cm³/mol. The van der Waals surface area contributed by atoms with E-state index >= 15 is 0 Å². The average Bonchev–Trinajstić information content (AvgIpc) is 2.95. The normalized spacial score (nSPS) is 20.8. The molecule has 0 radical (unpaired) electrons. The van der Waals surface area contributed by atoms with Gasteiger partial charge >= 0.3 is 0 Å². The van der Waals surface area contributed by atoms with E-state index in [-0.39, 0.29) is 11.9 Å². The van der Waals surface area contributed by atoms with Gasteiger partial charge in [0.1, 0.15) is 0 Å². The molecule has 0 aromatic rings. The monoisotopic (exact) mass is 184 g/mol. The lowest BCUT2D eigenvalue weighted by molar-refractivity contribution is -0.122. The molecule has 0 aromatic heterocycles. The molecule has 1 aliphatic carbocycles. The topological polar surface area (TPSA) is 55.1 Å². The van der Waals surface area contributed by atoms with Crippen molar-refractivity contribution in [2.75, 3.05) is 6.54 Å². The third-order valence-corrected chi connectivity index (χ3v) is 2.80. The van der Waals surface area contributed by atoms with Crippen molar-refractivity contribution in [1.29, 1.82) is 0 Å². The van der Waals surface area contributed by atoms with E-state index < -0.39 is 0 Å². The Morgan fingerprint density at radius 1 is 1.62 bits per heavy atom. The number of carbonyl (C=O) groups is 1. The molecule has 1 fully saturated rings. The van der Waals surface area contributed by atoms with Crippen LogP contribution >= 0.6 is 0 Å². The van der Waals surface area contributed by atoms with Gasteiger partial charge in [0.2, 0.25) is 5.91 Å². The molecule has 1 rings (SSSR count). The van der Waals surface area contributed by atoms with E-state index in [1.54, 1.807) is 0 Å². The minimum Gasteiger partial charge on any atom is -0.354 e. The predicted octanol–water partition coefficient (Wildman–Crippen LogP) is 0.886. The lowest BCUT2D eigenvalue weighted by Gasteiger charge is -2.13. The number of carbonyl (C=O) groups excluding carboxylic acids is 1. The molecule has 0 spiro atoms. The highest BCUT2D eigenvalue weighted by Crippen LogP contribution is 2.35. The molecule has 1 saturated carbocycles. The smallest absolute Gasteiger partial charge is 0.236 e. The van der Waals surface area contributed by atoms with Crippen molar-refractivity contribution in [1.82, 2.24) is 5.32 Å². The Kier molecular flexibility index (Phi) is 3.72. The van der Waals surface area contributed by atoms with E-state index in [0.29, 0.717) is 12.3 Å². The zero-order valence-electron chi connectivity index (χ0n) is 8.55. The van der Waals surface area contributed by atoms with Crippen LogP contribution in [0.25, 0.3) is 0 Å². The number of nitrogens with two attached hydrogens (primary N) is 1. The lowest BCUT2D eigenvalue weighted by Crippen LogP contribution is -2.41.